The molecular weight excluding hydrogens is 362 g/mol. The zero-order valence-corrected chi connectivity index (χ0v) is 14.3. The van der Waals surface area contributed by atoms with Gasteiger partial charge in [-0.25, -0.2) is 4.79 Å². The number of carbonyl (C=O) groups is 2. The first kappa shape index (κ1) is 17.0. The summed E-state index contributed by atoms with van der Waals surface area (Å²) in [6.07, 6.45) is -0.913. The van der Waals surface area contributed by atoms with Crippen LogP contribution in [-0.2, 0) is 9.53 Å². The highest BCUT2D eigenvalue weighted by molar-refractivity contribution is 9.10. The van der Waals surface area contributed by atoms with Crippen LogP contribution in [0.25, 0.3) is 0 Å². The third-order valence-electron chi connectivity index (χ3n) is 3.08. The number of anilines is 1. The molecule has 5 nitrogen and oxygen atoms in total. The summed E-state index contributed by atoms with van der Waals surface area (Å²) >= 11 is 3.30. The second-order valence-electron chi connectivity index (χ2n) is 4.75. The van der Waals surface area contributed by atoms with Gasteiger partial charge in [0, 0.05) is 5.69 Å². The normalized spacial score (nSPS) is 11.4. The average molecular weight is 378 g/mol. The van der Waals surface area contributed by atoms with Crippen molar-refractivity contribution in [2.24, 2.45) is 0 Å². The lowest BCUT2D eigenvalue weighted by Gasteiger charge is -2.14. The third kappa shape index (κ3) is 4.56. The number of carbonyl (C=O) groups excluding carboxylic acids is 2. The maximum absolute atomic E-state index is 12.1. The number of hydrogen-bond acceptors (Lipinski definition) is 4. The van der Waals surface area contributed by atoms with Gasteiger partial charge in [0.25, 0.3) is 5.91 Å². The molecule has 1 amide bonds. The summed E-state index contributed by atoms with van der Waals surface area (Å²) in [6, 6.07) is 13.8. The fraction of sp³-hybridized carbons (Fsp3) is 0.176. The first-order chi connectivity index (χ1) is 11.0. The average Bonchev–Trinajstić information content (AvgIpc) is 2.55. The Morgan fingerprint density at radius 2 is 1.83 bits per heavy atom. The third-order valence-corrected chi connectivity index (χ3v) is 3.70. The van der Waals surface area contributed by atoms with Gasteiger partial charge in [-0.3, -0.25) is 4.79 Å². The SMILES string of the molecule is COc1ccc(C(=O)OC(C)C(=O)Nc2ccccc2)cc1Br. The van der Waals surface area contributed by atoms with E-state index in [4.69, 9.17) is 9.47 Å². The van der Waals surface area contributed by atoms with E-state index in [1.165, 1.54) is 14.0 Å². The quantitative estimate of drug-likeness (QED) is 0.807. The minimum Gasteiger partial charge on any atom is -0.496 e. The second kappa shape index (κ2) is 7.78. The van der Waals surface area contributed by atoms with E-state index in [0.717, 1.165) is 0 Å². The van der Waals surface area contributed by atoms with Crippen LogP contribution in [0.2, 0.25) is 0 Å². The van der Waals surface area contributed by atoms with E-state index in [0.29, 0.717) is 21.5 Å². The zero-order chi connectivity index (χ0) is 16.8. The van der Waals surface area contributed by atoms with Crippen LogP contribution < -0.4 is 10.1 Å². The summed E-state index contributed by atoms with van der Waals surface area (Å²) in [7, 11) is 1.54. The molecule has 0 fully saturated rings. The highest BCUT2D eigenvalue weighted by Crippen LogP contribution is 2.26. The molecule has 23 heavy (non-hydrogen) atoms. The number of nitrogens with one attached hydrogen (secondary N) is 1. The van der Waals surface area contributed by atoms with Gasteiger partial charge in [-0.05, 0) is 53.2 Å². The van der Waals surface area contributed by atoms with Crippen LogP contribution in [0.4, 0.5) is 5.69 Å². The molecule has 2 aromatic carbocycles. The van der Waals surface area contributed by atoms with Gasteiger partial charge in [-0.1, -0.05) is 18.2 Å². The van der Waals surface area contributed by atoms with E-state index < -0.39 is 18.0 Å². The van der Waals surface area contributed by atoms with Gasteiger partial charge in [0.15, 0.2) is 6.10 Å². The van der Waals surface area contributed by atoms with Gasteiger partial charge in [0.05, 0.1) is 17.1 Å². The van der Waals surface area contributed by atoms with E-state index in [2.05, 4.69) is 21.2 Å². The molecule has 2 aromatic rings. The summed E-state index contributed by atoms with van der Waals surface area (Å²) in [4.78, 5) is 24.1. The van der Waals surface area contributed by atoms with Crippen LogP contribution in [0.5, 0.6) is 5.75 Å². The molecule has 1 unspecified atom stereocenters. The molecule has 1 atom stereocenters. The van der Waals surface area contributed by atoms with Crippen molar-refractivity contribution in [3.05, 3.63) is 58.6 Å². The predicted octanol–water partition coefficient (Wildman–Crippen LogP) is 3.64. The first-order valence-corrected chi connectivity index (χ1v) is 7.71. The Hall–Kier alpha value is -2.34. The number of rotatable bonds is 5. The molecule has 2 rings (SSSR count). The number of para-hydroxylation sites is 1. The number of esters is 1. The number of hydrogen-bond donors (Lipinski definition) is 1. The van der Waals surface area contributed by atoms with Crippen LogP contribution in [-0.4, -0.2) is 25.1 Å². The maximum atomic E-state index is 12.1. The predicted molar refractivity (Wildman–Crippen MR) is 90.6 cm³/mol. The van der Waals surface area contributed by atoms with Crippen molar-refractivity contribution >= 4 is 33.5 Å². The standard InChI is InChI=1S/C17H16BrNO4/c1-11(16(20)19-13-6-4-3-5-7-13)23-17(21)12-8-9-15(22-2)14(18)10-12/h3-11H,1-2H3,(H,19,20). The van der Waals surface area contributed by atoms with Gasteiger partial charge in [0.1, 0.15) is 5.75 Å². The highest BCUT2D eigenvalue weighted by atomic mass is 79.9. The molecule has 0 spiro atoms. The van der Waals surface area contributed by atoms with E-state index in [-0.39, 0.29) is 0 Å². The topological polar surface area (TPSA) is 64.6 Å². The first-order valence-electron chi connectivity index (χ1n) is 6.91. The molecule has 0 aromatic heterocycles. The zero-order valence-electron chi connectivity index (χ0n) is 12.7. The minimum absolute atomic E-state index is 0.331. The number of amides is 1. The van der Waals surface area contributed by atoms with Gasteiger partial charge in [0.2, 0.25) is 0 Å². The smallest absolute Gasteiger partial charge is 0.338 e. The van der Waals surface area contributed by atoms with Crippen molar-refractivity contribution in [2.75, 3.05) is 12.4 Å². The number of ether oxygens (including phenoxy) is 2. The van der Waals surface area contributed by atoms with Crippen molar-refractivity contribution in [1.82, 2.24) is 0 Å². The molecule has 0 aliphatic heterocycles. The lowest BCUT2D eigenvalue weighted by molar-refractivity contribution is -0.123. The Balaban J connectivity index is 1.99. The lowest BCUT2D eigenvalue weighted by Crippen LogP contribution is -2.30. The molecule has 0 saturated carbocycles. The van der Waals surface area contributed by atoms with Gasteiger partial charge in [-0.15, -0.1) is 0 Å². The summed E-state index contributed by atoms with van der Waals surface area (Å²) < 4.78 is 10.9. The van der Waals surface area contributed by atoms with Gasteiger partial charge in [-0.2, -0.15) is 0 Å². The molecule has 0 saturated heterocycles. The second-order valence-corrected chi connectivity index (χ2v) is 5.61. The van der Waals surface area contributed by atoms with E-state index in [1.54, 1.807) is 42.5 Å². The summed E-state index contributed by atoms with van der Waals surface area (Å²) in [5, 5.41) is 2.68. The molecule has 6 heteroatoms. The maximum Gasteiger partial charge on any atom is 0.338 e. The molecule has 0 aliphatic rings. The van der Waals surface area contributed by atoms with Crippen LogP contribution in [0, 0.1) is 0 Å². The molecular formula is C17H16BrNO4. The van der Waals surface area contributed by atoms with Crippen molar-refractivity contribution < 1.29 is 19.1 Å². The summed E-state index contributed by atoms with van der Waals surface area (Å²) in [5.74, 6) is -0.363. The molecule has 1 N–H and O–H groups in total. The van der Waals surface area contributed by atoms with Crippen molar-refractivity contribution in [3.63, 3.8) is 0 Å². The highest BCUT2D eigenvalue weighted by Gasteiger charge is 2.19. The molecule has 0 heterocycles. The lowest BCUT2D eigenvalue weighted by atomic mass is 10.2. The van der Waals surface area contributed by atoms with Crippen LogP contribution in [0.15, 0.2) is 53.0 Å². The number of benzene rings is 2. The Morgan fingerprint density at radius 3 is 2.43 bits per heavy atom. The molecule has 0 radical (unpaired) electrons. The van der Waals surface area contributed by atoms with E-state index in [1.807, 2.05) is 6.07 Å². The minimum atomic E-state index is -0.913. The van der Waals surface area contributed by atoms with E-state index >= 15 is 0 Å². The van der Waals surface area contributed by atoms with Crippen LogP contribution >= 0.6 is 15.9 Å². The van der Waals surface area contributed by atoms with Crippen molar-refractivity contribution in [1.29, 1.82) is 0 Å². The summed E-state index contributed by atoms with van der Waals surface area (Å²) in [6.45, 7) is 1.52. The largest absolute Gasteiger partial charge is 0.496 e. The number of methoxy groups -OCH3 is 1. The van der Waals surface area contributed by atoms with Crippen LogP contribution in [0.1, 0.15) is 17.3 Å². The fourth-order valence-corrected chi connectivity index (χ4v) is 2.38. The van der Waals surface area contributed by atoms with Gasteiger partial charge >= 0.3 is 5.97 Å². The Kier molecular flexibility index (Phi) is 5.76. The fourth-order valence-electron chi connectivity index (χ4n) is 1.84. The Morgan fingerprint density at radius 1 is 1.13 bits per heavy atom. The van der Waals surface area contributed by atoms with Crippen molar-refractivity contribution in [3.8, 4) is 5.75 Å². The summed E-state index contributed by atoms with van der Waals surface area (Å²) in [5.41, 5.74) is 0.977. The molecule has 0 aliphatic carbocycles. The molecule has 120 valence electrons. The van der Waals surface area contributed by atoms with Gasteiger partial charge < -0.3 is 14.8 Å². The number of halogens is 1. The van der Waals surface area contributed by atoms with Crippen LogP contribution in [0.3, 0.4) is 0 Å². The van der Waals surface area contributed by atoms with Crippen molar-refractivity contribution in [2.45, 2.75) is 13.0 Å². The van der Waals surface area contributed by atoms with E-state index in [9.17, 15) is 9.59 Å². The molecule has 0 bridgehead atoms. The Bertz CT molecular complexity index is 703. The Labute approximate surface area is 142 Å². The monoisotopic (exact) mass is 377 g/mol.